The summed E-state index contributed by atoms with van der Waals surface area (Å²) in [7, 11) is -1.90. The quantitative estimate of drug-likeness (QED) is 0.754. The van der Waals surface area contributed by atoms with Gasteiger partial charge in [0.15, 0.2) is 0 Å². The monoisotopic (exact) mass is 340 g/mol. The highest BCUT2D eigenvalue weighted by Gasteiger charge is 2.41. The molecule has 0 aliphatic carbocycles. The maximum absolute atomic E-state index is 13.6. The van der Waals surface area contributed by atoms with Crippen LogP contribution in [-0.4, -0.2) is 36.9 Å². The van der Waals surface area contributed by atoms with Crippen molar-refractivity contribution in [3.63, 3.8) is 0 Å². The van der Waals surface area contributed by atoms with E-state index in [0.29, 0.717) is 17.7 Å². The first-order chi connectivity index (χ1) is 10.9. The standard InChI is InChI=1S/C16H24NO5P/c1-12(2)15-5-4-10-22-23(20,17(15)11-16(18)19)14-8-6-13(21-3)7-9-14/h6-9,12,15H,4-5,10-11H2,1-3H3,(H,18,19)/p-1. The highest BCUT2D eigenvalue weighted by atomic mass is 31.2. The number of carbonyl (C=O) groups is 1. The lowest BCUT2D eigenvalue weighted by molar-refractivity contribution is -0.305. The summed E-state index contributed by atoms with van der Waals surface area (Å²) in [6.45, 7) is 3.93. The molecule has 0 saturated carbocycles. The van der Waals surface area contributed by atoms with Crippen LogP contribution in [0.25, 0.3) is 0 Å². The Labute approximate surface area is 136 Å². The van der Waals surface area contributed by atoms with Crippen LogP contribution >= 0.6 is 7.52 Å². The second-order valence-corrected chi connectivity index (χ2v) is 8.30. The average molecular weight is 340 g/mol. The second kappa shape index (κ2) is 7.47. The topological polar surface area (TPSA) is 78.9 Å². The largest absolute Gasteiger partial charge is 0.549 e. The van der Waals surface area contributed by atoms with Crippen molar-refractivity contribution in [2.24, 2.45) is 5.92 Å². The third kappa shape index (κ3) is 3.94. The van der Waals surface area contributed by atoms with Gasteiger partial charge in [-0.15, -0.1) is 0 Å². The summed E-state index contributed by atoms with van der Waals surface area (Å²) >= 11 is 0. The molecule has 2 unspecified atom stereocenters. The van der Waals surface area contributed by atoms with Gasteiger partial charge in [0.2, 0.25) is 0 Å². The Hall–Kier alpha value is -1.36. The summed E-state index contributed by atoms with van der Waals surface area (Å²) in [5.74, 6) is -0.459. The number of carbonyl (C=O) groups excluding carboxylic acids is 1. The van der Waals surface area contributed by atoms with Crippen LogP contribution in [0.3, 0.4) is 0 Å². The van der Waals surface area contributed by atoms with Crippen LogP contribution in [-0.2, 0) is 13.9 Å². The number of ether oxygens (including phenoxy) is 1. The van der Waals surface area contributed by atoms with Crippen LogP contribution in [0.4, 0.5) is 0 Å². The molecule has 1 heterocycles. The molecule has 1 aliphatic rings. The Bertz CT molecular complexity index is 587. The van der Waals surface area contributed by atoms with E-state index in [4.69, 9.17) is 9.26 Å². The van der Waals surface area contributed by atoms with Gasteiger partial charge >= 0.3 is 7.52 Å². The van der Waals surface area contributed by atoms with Crippen molar-refractivity contribution in [3.8, 4) is 5.75 Å². The van der Waals surface area contributed by atoms with Crippen LogP contribution in [0.2, 0.25) is 0 Å². The predicted octanol–water partition coefficient (Wildman–Crippen LogP) is 1.40. The molecule has 0 spiro atoms. The van der Waals surface area contributed by atoms with Gasteiger partial charge in [0, 0.05) is 12.6 Å². The SMILES string of the molecule is COc1ccc(P2(=O)OCCCC(C(C)C)N2CC(=O)[O-])cc1. The minimum Gasteiger partial charge on any atom is -0.549 e. The smallest absolute Gasteiger partial charge is 0.302 e. The van der Waals surface area contributed by atoms with E-state index in [1.165, 1.54) is 4.67 Å². The molecule has 0 N–H and O–H groups in total. The van der Waals surface area contributed by atoms with Crippen LogP contribution < -0.4 is 15.1 Å². The number of carboxylic acids is 1. The summed E-state index contributed by atoms with van der Waals surface area (Å²) in [5, 5.41) is 11.7. The van der Waals surface area contributed by atoms with Crippen molar-refractivity contribution in [3.05, 3.63) is 24.3 Å². The average Bonchev–Trinajstić information content (AvgIpc) is 2.68. The predicted molar refractivity (Wildman–Crippen MR) is 85.8 cm³/mol. The lowest BCUT2D eigenvalue weighted by Crippen LogP contribution is -2.45. The number of nitrogens with zero attached hydrogens (tertiary/aromatic N) is 1. The Balaban J connectivity index is 2.46. The van der Waals surface area contributed by atoms with Gasteiger partial charge in [-0.3, -0.25) is 4.57 Å². The number of aliphatic carboxylic acids is 1. The van der Waals surface area contributed by atoms with E-state index in [0.717, 1.165) is 12.8 Å². The first kappa shape index (κ1) is 18.0. The fourth-order valence-electron chi connectivity index (χ4n) is 2.91. The zero-order valence-electron chi connectivity index (χ0n) is 13.7. The van der Waals surface area contributed by atoms with Gasteiger partial charge < -0.3 is 19.2 Å². The molecule has 1 aromatic rings. The molecular formula is C16H23NO5P-. The minimum absolute atomic E-state index is 0.136. The summed E-state index contributed by atoms with van der Waals surface area (Å²) in [5.41, 5.74) is 0. The lowest BCUT2D eigenvalue weighted by Gasteiger charge is -2.37. The van der Waals surface area contributed by atoms with Gasteiger partial charge in [-0.2, -0.15) is 0 Å². The first-order valence-electron chi connectivity index (χ1n) is 7.74. The normalized spacial score (nSPS) is 26.0. The number of carboxylic acid groups (broad SMARTS) is 1. The molecule has 2 rings (SSSR count). The number of hydrogen-bond donors (Lipinski definition) is 0. The van der Waals surface area contributed by atoms with Crippen LogP contribution in [0.1, 0.15) is 26.7 Å². The van der Waals surface area contributed by atoms with E-state index in [1.807, 2.05) is 13.8 Å². The summed E-state index contributed by atoms with van der Waals surface area (Å²) in [4.78, 5) is 11.2. The molecule has 1 aromatic carbocycles. The van der Waals surface area contributed by atoms with Crippen molar-refractivity contribution in [2.75, 3.05) is 20.3 Å². The molecule has 0 aromatic heterocycles. The Morgan fingerprint density at radius 1 is 1.43 bits per heavy atom. The minimum atomic E-state index is -3.46. The Kier molecular flexibility index (Phi) is 5.84. The Morgan fingerprint density at radius 2 is 2.09 bits per heavy atom. The number of methoxy groups -OCH3 is 1. The van der Waals surface area contributed by atoms with Crippen molar-refractivity contribution in [1.29, 1.82) is 0 Å². The van der Waals surface area contributed by atoms with Gasteiger partial charge in [0.1, 0.15) is 5.75 Å². The maximum Gasteiger partial charge on any atom is 0.302 e. The van der Waals surface area contributed by atoms with E-state index < -0.39 is 20.0 Å². The molecule has 0 radical (unpaired) electrons. The van der Waals surface area contributed by atoms with Gasteiger partial charge in [0.05, 0.1) is 25.0 Å². The fourth-order valence-corrected chi connectivity index (χ4v) is 5.48. The van der Waals surface area contributed by atoms with Crippen molar-refractivity contribution in [2.45, 2.75) is 32.7 Å². The molecule has 0 amide bonds. The third-order valence-electron chi connectivity index (χ3n) is 4.09. The van der Waals surface area contributed by atoms with Gasteiger partial charge in [-0.05, 0) is 43.0 Å². The maximum atomic E-state index is 13.6. The van der Waals surface area contributed by atoms with E-state index >= 15 is 0 Å². The molecule has 6 nitrogen and oxygen atoms in total. The van der Waals surface area contributed by atoms with Gasteiger partial charge in [0.25, 0.3) is 0 Å². The van der Waals surface area contributed by atoms with Gasteiger partial charge in [-0.25, -0.2) is 4.67 Å². The van der Waals surface area contributed by atoms with E-state index in [-0.39, 0.29) is 12.0 Å². The molecule has 1 saturated heterocycles. The lowest BCUT2D eigenvalue weighted by atomic mass is 9.99. The first-order valence-corrected chi connectivity index (χ1v) is 9.32. The highest BCUT2D eigenvalue weighted by molar-refractivity contribution is 7.64. The van der Waals surface area contributed by atoms with Crippen molar-refractivity contribution < 1.29 is 23.7 Å². The summed E-state index contributed by atoms with van der Waals surface area (Å²) in [6, 6.07) is 6.61. The molecule has 0 bridgehead atoms. The number of benzene rings is 1. The fraction of sp³-hybridized carbons (Fsp3) is 0.562. The second-order valence-electron chi connectivity index (χ2n) is 5.97. The van der Waals surface area contributed by atoms with Crippen molar-refractivity contribution >= 4 is 18.8 Å². The molecule has 1 fully saturated rings. The van der Waals surface area contributed by atoms with Crippen LogP contribution in [0.15, 0.2) is 24.3 Å². The van der Waals surface area contributed by atoms with E-state index in [9.17, 15) is 14.5 Å². The molecule has 128 valence electrons. The molecule has 7 heteroatoms. The van der Waals surface area contributed by atoms with Gasteiger partial charge in [-0.1, -0.05) is 13.8 Å². The molecule has 2 atom stereocenters. The zero-order valence-corrected chi connectivity index (χ0v) is 14.6. The zero-order chi connectivity index (χ0) is 17.0. The molecular weight excluding hydrogens is 317 g/mol. The van der Waals surface area contributed by atoms with E-state index in [1.54, 1.807) is 31.4 Å². The van der Waals surface area contributed by atoms with Crippen molar-refractivity contribution in [1.82, 2.24) is 4.67 Å². The Morgan fingerprint density at radius 3 is 2.61 bits per heavy atom. The highest BCUT2D eigenvalue weighted by Crippen LogP contribution is 2.54. The number of hydrogen-bond acceptors (Lipinski definition) is 5. The van der Waals surface area contributed by atoms with Crippen LogP contribution in [0.5, 0.6) is 5.75 Å². The van der Waals surface area contributed by atoms with E-state index in [2.05, 4.69) is 0 Å². The number of rotatable bonds is 5. The summed E-state index contributed by atoms with van der Waals surface area (Å²) < 4.78 is 25.9. The summed E-state index contributed by atoms with van der Waals surface area (Å²) in [6.07, 6.45) is 1.48. The molecule has 1 aliphatic heterocycles. The van der Waals surface area contributed by atoms with Crippen LogP contribution in [0, 0.1) is 5.92 Å². The third-order valence-corrected chi connectivity index (χ3v) is 6.69. The molecule has 23 heavy (non-hydrogen) atoms.